The van der Waals surface area contributed by atoms with Crippen LogP contribution < -0.4 is 14.8 Å². The Morgan fingerprint density at radius 3 is 2.37 bits per heavy atom. The summed E-state index contributed by atoms with van der Waals surface area (Å²) in [5.74, 6) is 1.15. The molecule has 0 saturated heterocycles. The maximum Gasteiger partial charge on any atom is 0.254 e. The number of ether oxygens (including phenoxy) is 2. The molecule has 4 rings (SSSR count). The van der Waals surface area contributed by atoms with Crippen molar-refractivity contribution in [3.05, 3.63) is 52.5 Å². The lowest BCUT2D eigenvalue weighted by molar-refractivity contribution is -0.121. The smallest absolute Gasteiger partial charge is 0.254 e. The van der Waals surface area contributed by atoms with Gasteiger partial charge in [0.1, 0.15) is 13.2 Å². The first-order valence-electron chi connectivity index (χ1n) is 10.1. The molecular weight excluding hydrogens is 404 g/mol. The average molecular weight is 429 g/mol. The molecule has 0 atom stereocenters. The Bertz CT molecular complexity index is 983. The molecule has 0 aromatic heterocycles. The molecule has 0 spiro atoms. The van der Waals surface area contributed by atoms with Crippen LogP contribution in [0, 0.1) is 0 Å². The Kier molecular flexibility index (Phi) is 5.60. The summed E-state index contributed by atoms with van der Waals surface area (Å²) < 4.78 is 11.3. The minimum absolute atomic E-state index is 0.0700. The maximum absolute atomic E-state index is 13.4. The molecule has 1 aliphatic carbocycles. The molecule has 1 fully saturated rings. The molecule has 2 aromatic carbocycles. The Morgan fingerprint density at radius 1 is 1.00 bits per heavy atom. The minimum Gasteiger partial charge on any atom is -0.486 e. The predicted molar refractivity (Wildman–Crippen MR) is 116 cm³/mol. The summed E-state index contributed by atoms with van der Waals surface area (Å²) in [7, 11) is 3.34. The molecule has 1 aliphatic heterocycles. The van der Waals surface area contributed by atoms with E-state index >= 15 is 0 Å². The number of benzene rings is 2. The van der Waals surface area contributed by atoms with E-state index in [-0.39, 0.29) is 11.8 Å². The molecule has 1 N–H and O–H groups in total. The fourth-order valence-electron chi connectivity index (χ4n) is 4.22. The number of nitrogens with one attached hydrogen (secondary N) is 1. The van der Waals surface area contributed by atoms with Crippen LogP contribution in [-0.2, 0) is 10.2 Å². The van der Waals surface area contributed by atoms with Crippen molar-refractivity contribution in [3.63, 3.8) is 0 Å². The molecule has 0 bridgehead atoms. The number of hydrogen-bond acceptors (Lipinski definition) is 4. The molecule has 158 valence electrons. The lowest BCUT2D eigenvalue weighted by Gasteiger charge is -2.30. The van der Waals surface area contributed by atoms with E-state index in [1.54, 1.807) is 32.3 Å². The number of anilines is 1. The second-order valence-electron chi connectivity index (χ2n) is 8.00. The summed E-state index contributed by atoms with van der Waals surface area (Å²) in [6, 6.07) is 10.8. The number of rotatable bonds is 4. The summed E-state index contributed by atoms with van der Waals surface area (Å²) >= 11 is 6.31. The van der Waals surface area contributed by atoms with E-state index in [9.17, 15) is 9.59 Å². The number of halogens is 1. The number of carbonyl (C=O) groups is 2. The van der Waals surface area contributed by atoms with Crippen LogP contribution >= 0.6 is 11.6 Å². The van der Waals surface area contributed by atoms with E-state index in [0.717, 1.165) is 31.2 Å². The molecule has 6 nitrogen and oxygen atoms in total. The third kappa shape index (κ3) is 3.72. The maximum atomic E-state index is 13.4. The Balaban J connectivity index is 1.60. The van der Waals surface area contributed by atoms with Crippen LogP contribution in [-0.4, -0.2) is 44.0 Å². The van der Waals surface area contributed by atoms with Gasteiger partial charge in [-0.15, -0.1) is 0 Å². The van der Waals surface area contributed by atoms with Gasteiger partial charge in [-0.1, -0.05) is 30.5 Å². The predicted octanol–water partition coefficient (Wildman–Crippen LogP) is 4.26. The van der Waals surface area contributed by atoms with E-state index in [0.29, 0.717) is 41.0 Å². The van der Waals surface area contributed by atoms with E-state index in [2.05, 4.69) is 5.32 Å². The third-order valence-electron chi connectivity index (χ3n) is 5.85. The number of amides is 2. The molecule has 2 amide bonds. The highest BCUT2D eigenvalue weighted by Gasteiger charge is 2.43. The number of fused-ring (bicyclic) bond motifs is 1. The zero-order chi connectivity index (χ0) is 21.3. The fraction of sp³-hybridized carbons (Fsp3) is 0.391. The summed E-state index contributed by atoms with van der Waals surface area (Å²) in [5.41, 5.74) is 1.29. The standard InChI is InChI=1S/C23H25ClN2O4/c1-26(2)21(27)17-7-6-16(14-18(17)24)25-22(28)23(9-3-4-10-23)15-5-8-19-20(13-15)30-12-11-29-19/h5-8,13-14H,3-4,9-12H2,1-2H3,(H,25,28). The lowest BCUT2D eigenvalue weighted by Crippen LogP contribution is -2.38. The fourth-order valence-corrected chi connectivity index (χ4v) is 4.49. The molecule has 1 saturated carbocycles. The summed E-state index contributed by atoms with van der Waals surface area (Å²) in [6.07, 6.45) is 3.50. The first kappa shape index (κ1) is 20.5. The monoisotopic (exact) mass is 428 g/mol. The van der Waals surface area contributed by atoms with Crippen molar-refractivity contribution in [3.8, 4) is 11.5 Å². The lowest BCUT2D eigenvalue weighted by atomic mass is 9.77. The van der Waals surface area contributed by atoms with Crippen LogP contribution in [0.2, 0.25) is 5.02 Å². The van der Waals surface area contributed by atoms with E-state index in [4.69, 9.17) is 21.1 Å². The topological polar surface area (TPSA) is 67.9 Å². The van der Waals surface area contributed by atoms with Gasteiger partial charge in [0.2, 0.25) is 5.91 Å². The second kappa shape index (κ2) is 8.19. The van der Waals surface area contributed by atoms with E-state index < -0.39 is 5.41 Å². The van der Waals surface area contributed by atoms with Crippen LogP contribution in [0.25, 0.3) is 0 Å². The van der Waals surface area contributed by atoms with Crippen molar-refractivity contribution in [2.75, 3.05) is 32.6 Å². The minimum atomic E-state index is -0.625. The first-order valence-corrected chi connectivity index (χ1v) is 10.5. The van der Waals surface area contributed by atoms with Gasteiger partial charge in [-0.3, -0.25) is 9.59 Å². The van der Waals surface area contributed by atoms with Crippen molar-refractivity contribution in [1.29, 1.82) is 0 Å². The average Bonchev–Trinajstić information content (AvgIpc) is 3.24. The van der Waals surface area contributed by atoms with Crippen LogP contribution in [0.5, 0.6) is 11.5 Å². The van der Waals surface area contributed by atoms with Gasteiger partial charge in [0.25, 0.3) is 5.91 Å². The molecule has 2 aliphatic rings. The molecular formula is C23H25ClN2O4. The summed E-state index contributed by atoms with van der Waals surface area (Å²) in [4.78, 5) is 27.1. The van der Waals surface area contributed by atoms with Gasteiger partial charge in [0, 0.05) is 19.8 Å². The van der Waals surface area contributed by atoms with Crippen molar-refractivity contribution < 1.29 is 19.1 Å². The highest BCUT2D eigenvalue weighted by Crippen LogP contribution is 2.45. The first-order chi connectivity index (χ1) is 14.4. The Labute approximate surface area is 181 Å². The van der Waals surface area contributed by atoms with Gasteiger partial charge in [-0.25, -0.2) is 0 Å². The van der Waals surface area contributed by atoms with Crippen molar-refractivity contribution in [1.82, 2.24) is 4.90 Å². The highest BCUT2D eigenvalue weighted by atomic mass is 35.5. The van der Waals surface area contributed by atoms with Crippen LogP contribution in [0.15, 0.2) is 36.4 Å². The quantitative estimate of drug-likeness (QED) is 0.789. The number of hydrogen-bond donors (Lipinski definition) is 1. The molecule has 0 unspecified atom stereocenters. The largest absolute Gasteiger partial charge is 0.486 e. The van der Waals surface area contributed by atoms with Crippen molar-refractivity contribution in [2.24, 2.45) is 0 Å². The summed E-state index contributed by atoms with van der Waals surface area (Å²) in [6.45, 7) is 1.04. The van der Waals surface area contributed by atoms with E-state index in [1.807, 2.05) is 18.2 Å². The molecule has 1 heterocycles. The van der Waals surface area contributed by atoms with Gasteiger partial charge in [-0.2, -0.15) is 0 Å². The van der Waals surface area contributed by atoms with Gasteiger partial charge in [0.15, 0.2) is 11.5 Å². The molecule has 0 radical (unpaired) electrons. The molecule has 30 heavy (non-hydrogen) atoms. The zero-order valence-electron chi connectivity index (χ0n) is 17.2. The van der Waals surface area contributed by atoms with Crippen molar-refractivity contribution >= 4 is 29.1 Å². The Morgan fingerprint density at radius 2 is 1.70 bits per heavy atom. The number of carbonyl (C=O) groups excluding carboxylic acids is 2. The van der Waals surface area contributed by atoms with Crippen molar-refractivity contribution in [2.45, 2.75) is 31.1 Å². The van der Waals surface area contributed by atoms with Gasteiger partial charge in [-0.05, 0) is 48.7 Å². The summed E-state index contributed by atoms with van der Waals surface area (Å²) in [5, 5.41) is 3.33. The normalized spacial score (nSPS) is 16.8. The Hall–Kier alpha value is -2.73. The van der Waals surface area contributed by atoms with E-state index in [1.165, 1.54) is 4.90 Å². The third-order valence-corrected chi connectivity index (χ3v) is 6.16. The zero-order valence-corrected chi connectivity index (χ0v) is 17.9. The van der Waals surface area contributed by atoms with Crippen LogP contribution in [0.4, 0.5) is 5.69 Å². The van der Waals surface area contributed by atoms with Gasteiger partial charge < -0.3 is 19.7 Å². The van der Waals surface area contributed by atoms with Crippen LogP contribution in [0.3, 0.4) is 0 Å². The molecule has 7 heteroatoms. The SMILES string of the molecule is CN(C)C(=O)c1ccc(NC(=O)C2(c3ccc4c(c3)OCCO4)CCCC2)cc1Cl. The van der Waals surface area contributed by atoms with Gasteiger partial charge in [0.05, 0.1) is 16.0 Å². The van der Waals surface area contributed by atoms with Gasteiger partial charge >= 0.3 is 0 Å². The molecule has 2 aromatic rings. The van der Waals surface area contributed by atoms with Crippen LogP contribution in [0.1, 0.15) is 41.6 Å². The highest BCUT2D eigenvalue weighted by molar-refractivity contribution is 6.34. The number of nitrogens with zero attached hydrogens (tertiary/aromatic N) is 1. The second-order valence-corrected chi connectivity index (χ2v) is 8.40.